The summed E-state index contributed by atoms with van der Waals surface area (Å²) in [6.07, 6.45) is 3.07. The molecule has 100 valence electrons. The molecule has 2 rings (SSSR count). The second-order valence-electron chi connectivity index (χ2n) is 5.61. The number of hydrogen-bond acceptors (Lipinski definition) is 3. The van der Waals surface area contributed by atoms with Crippen molar-refractivity contribution in [3.8, 4) is 11.5 Å². The summed E-state index contributed by atoms with van der Waals surface area (Å²) < 4.78 is 10.9. The van der Waals surface area contributed by atoms with Gasteiger partial charge in [0, 0.05) is 11.1 Å². The first-order chi connectivity index (χ1) is 8.49. The van der Waals surface area contributed by atoms with E-state index in [0.29, 0.717) is 5.92 Å². The van der Waals surface area contributed by atoms with Gasteiger partial charge in [-0.3, -0.25) is 0 Å². The Morgan fingerprint density at radius 3 is 2.33 bits per heavy atom. The van der Waals surface area contributed by atoms with Crippen LogP contribution in [0.1, 0.15) is 43.7 Å². The molecule has 1 aromatic rings. The molecule has 0 spiro atoms. The predicted molar refractivity (Wildman–Crippen MR) is 73.5 cm³/mol. The summed E-state index contributed by atoms with van der Waals surface area (Å²) in [6, 6.07) is 4.27. The summed E-state index contributed by atoms with van der Waals surface area (Å²) >= 11 is 0. The Bertz CT molecular complexity index is 436. The van der Waals surface area contributed by atoms with Gasteiger partial charge in [0.15, 0.2) is 11.5 Å². The van der Waals surface area contributed by atoms with Crippen molar-refractivity contribution in [3.05, 3.63) is 23.3 Å². The van der Waals surface area contributed by atoms with Crippen LogP contribution < -0.4 is 15.2 Å². The van der Waals surface area contributed by atoms with E-state index < -0.39 is 0 Å². The quantitative estimate of drug-likeness (QED) is 0.872. The molecule has 0 aromatic heterocycles. The van der Waals surface area contributed by atoms with Crippen LogP contribution in [0.3, 0.4) is 0 Å². The molecule has 1 aromatic carbocycles. The van der Waals surface area contributed by atoms with Gasteiger partial charge in [0.25, 0.3) is 0 Å². The lowest BCUT2D eigenvalue weighted by molar-refractivity contribution is 0.350. The van der Waals surface area contributed by atoms with Gasteiger partial charge >= 0.3 is 0 Å². The van der Waals surface area contributed by atoms with Gasteiger partial charge in [0.05, 0.1) is 14.2 Å². The first-order valence-corrected chi connectivity index (χ1v) is 6.53. The Labute approximate surface area is 109 Å². The molecule has 1 aliphatic carbocycles. The zero-order valence-corrected chi connectivity index (χ0v) is 11.7. The van der Waals surface area contributed by atoms with Crippen molar-refractivity contribution in [1.82, 2.24) is 0 Å². The van der Waals surface area contributed by atoms with E-state index in [1.54, 1.807) is 14.2 Å². The maximum absolute atomic E-state index is 6.22. The number of nitrogens with two attached hydrogens (primary N) is 1. The number of methoxy groups -OCH3 is 2. The van der Waals surface area contributed by atoms with E-state index in [0.717, 1.165) is 30.8 Å². The first-order valence-electron chi connectivity index (χ1n) is 6.53. The molecule has 0 atom stereocenters. The van der Waals surface area contributed by atoms with Crippen molar-refractivity contribution in [1.29, 1.82) is 0 Å². The summed E-state index contributed by atoms with van der Waals surface area (Å²) in [6.45, 7) is 4.36. The fourth-order valence-electron chi connectivity index (χ4n) is 2.25. The summed E-state index contributed by atoms with van der Waals surface area (Å²) in [5.74, 6) is 2.11. The maximum Gasteiger partial charge on any atom is 0.163 e. The molecular weight excluding hydrogens is 226 g/mol. The SMILES string of the molecule is COc1cc(C(C)C)cc(CC2(N)CC2)c1OC. The highest BCUT2D eigenvalue weighted by Crippen LogP contribution is 2.42. The Kier molecular flexibility index (Phi) is 3.53. The number of ether oxygens (including phenoxy) is 2. The molecule has 3 nitrogen and oxygen atoms in total. The molecule has 0 radical (unpaired) electrons. The van der Waals surface area contributed by atoms with Gasteiger partial charge in [-0.15, -0.1) is 0 Å². The lowest BCUT2D eigenvalue weighted by atomic mass is 9.95. The average Bonchev–Trinajstić information content (AvgIpc) is 3.05. The van der Waals surface area contributed by atoms with Gasteiger partial charge in [-0.1, -0.05) is 19.9 Å². The zero-order chi connectivity index (χ0) is 13.3. The largest absolute Gasteiger partial charge is 0.493 e. The summed E-state index contributed by atoms with van der Waals surface area (Å²) in [7, 11) is 3.37. The van der Waals surface area contributed by atoms with Crippen LogP contribution in [0, 0.1) is 0 Å². The van der Waals surface area contributed by atoms with E-state index in [1.807, 2.05) is 0 Å². The fraction of sp³-hybridized carbons (Fsp3) is 0.600. The highest BCUT2D eigenvalue weighted by molar-refractivity contribution is 5.51. The smallest absolute Gasteiger partial charge is 0.163 e. The molecule has 3 heteroatoms. The number of rotatable bonds is 5. The minimum Gasteiger partial charge on any atom is -0.493 e. The second kappa shape index (κ2) is 4.81. The van der Waals surface area contributed by atoms with Crippen molar-refractivity contribution >= 4 is 0 Å². The van der Waals surface area contributed by atoms with E-state index >= 15 is 0 Å². The van der Waals surface area contributed by atoms with E-state index in [4.69, 9.17) is 15.2 Å². The minimum atomic E-state index is -0.0199. The van der Waals surface area contributed by atoms with Gasteiger partial charge < -0.3 is 15.2 Å². The maximum atomic E-state index is 6.22. The van der Waals surface area contributed by atoms with Crippen LogP contribution in [0.25, 0.3) is 0 Å². The van der Waals surface area contributed by atoms with Gasteiger partial charge in [-0.25, -0.2) is 0 Å². The van der Waals surface area contributed by atoms with Crippen LogP contribution in [-0.4, -0.2) is 19.8 Å². The predicted octanol–water partition coefficient (Wildman–Crippen LogP) is 2.86. The summed E-state index contributed by atoms with van der Waals surface area (Å²) in [4.78, 5) is 0. The monoisotopic (exact) mass is 249 g/mol. The van der Waals surface area contributed by atoms with Crippen LogP contribution in [0.15, 0.2) is 12.1 Å². The van der Waals surface area contributed by atoms with Gasteiger partial charge in [-0.05, 0) is 36.8 Å². The van der Waals surface area contributed by atoms with E-state index in [-0.39, 0.29) is 5.54 Å². The highest BCUT2D eigenvalue weighted by atomic mass is 16.5. The Morgan fingerprint density at radius 2 is 1.89 bits per heavy atom. The van der Waals surface area contributed by atoms with E-state index in [9.17, 15) is 0 Å². The van der Waals surface area contributed by atoms with Crippen molar-refractivity contribution < 1.29 is 9.47 Å². The molecule has 0 unspecified atom stereocenters. The minimum absolute atomic E-state index is 0.0199. The fourth-order valence-corrected chi connectivity index (χ4v) is 2.25. The molecule has 18 heavy (non-hydrogen) atoms. The van der Waals surface area contributed by atoms with E-state index in [2.05, 4.69) is 26.0 Å². The number of benzene rings is 1. The topological polar surface area (TPSA) is 44.5 Å². The second-order valence-corrected chi connectivity index (χ2v) is 5.61. The summed E-state index contributed by atoms with van der Waals surface area (Å²) in [5, 5.41) is 0. The summed E-state index contributed by atoms with van der Waals surface area (Å²) in [5.41, 5.74) is 8.64. The molecular formula is C15H23NO2. The molecule has 0 heterocycles. The molecule has 0 amide bonds. The Balaban J connectivity index is 2.42. The molecule has 0 saturated heterocycles. The van der Waals surface area contributed by atoms with Gasteiger partial charge in [-0.2, -0.15) is 0 Å². The molecule has 0 aliphatic heterocycles. The van der Waals surface area contributed by atoms with Gasteiger partial charge in [0.2, 0.25) is 0 Å². The molecule has 2 N–H and O–H groups in total. The molecule has 0 bridgehead atoms. The van der Waals surface area contributed by atoms with Gasteiger partial charge in [0.1, 0.15) is 0 Å². The van der Waals surface area contributed by atoms with E-state index in [1.165, 1.54) is 11.1 Å². The lowest BCUT2D eigenvalue weighted by Crippen LogP contribution is -2.25. The Morgan fingerprint density at radius 1 is 1.22 bits per heavy atom. The third kappa shape index (κ3) is 2.61. The molecule has 1 fully saturated rings. The van der Waals surface area contributed by atoms with Crippen molar-refractivity contribution in [2.75, 3.05) is 14.2 Å². The lowest BCUT2D eigenvalue weighted by Gasteiger charge is -2.18. The molecule has 1 saturated carbocycles. The molecule has 1 aliphatic rings. The third-order valence-electron chi connectivity index (χ3n) is 3.68. The zero-order valence-electron chi connectivity index (χ0n) is 11.7. The average molecular weight is 249 g/mol. The number of hydrogen-bond donors (Lipinski definition) is 1. The van der Waals surface area contributed by atoms with Crippen LogP contribution in [0.4, 0.5) is 0 Å². The van der Waals surface area contributed by atoms with Crippen molar-refractivity contribution in [2.24, 2.45) is 5.73 Å². The first kappa shape index (κ1) is 13.2. The van der Waals surface area contributed by atoms with Crippen LogP contribution in [0.2, 0.25) is 0 Å². The van der Waals surface area contributed by atoms with Crippen molar-refractivity contribution in [2.45, 2.75) is 44.6 Å². The standard InChI is InChI=1S/C15H23NO2/c1-10(2)11-7-12(9-15(16)5-6-15)14(18-4)13(8-11)17-3/h7-8,10H,5-6,9,16H2,1-4H3. The highest BCUT2D eigenvalue weighted by Gasteiger charge is 2.39. The Hall–Kier alpha value is -1.22. The van der Waals surface area contributed by atoms with Crippen LogP contribution in [-0.2, 0) is 6.42 Å². The van der Waals surface area contributed by atoms with Crippen LogP contribution >= 0.6 is 0 Å². The van der Waals surface area contributed by atoms with Crippen molar-refractivity contribution in [3.63, 3.8) is 0 Å². The normalized spacial score (nSPS) is 16.8. The third-order valence-corrected chi connectivity index (χ3v) is 3.68. The van der Waals surface area contributed by atoms with Crippen LogP contribution in [0.5, 0.6) is 11.5 Å².